The lowest BCUT2D eigenvalue weighted by molar-refractivity contribution is -0.133. The average molecular weight is 791 g/mol. The number of fused-ring (bicyclic) bond motifs is 2. The third kappa shape index (κ3) is 8.25. The van der Waals surface area contributed by atoms with E-state index >= 15 is 0 Å². The van der Waals surface area contributed by atoms with Gasteiger partial charge in [-0.25, -0.2) is 13.2 Å². The zero-order valence-corrected chi connectivity index (χ0v) is 32.7. The molecule has 8 rings (SSSR count). The SMILES string of the molecule is CC1(C)Oc2c(N3CCNCC3)cc(F)cc2N(Cc2ccc(F)cc2)C1=O.CC1(C)Oc2c(N3CCNCC3)cc(F)cc2N(Cc2cccc(Cl)c2)C1=O. The van der Waals surface area contributed by atoms with Gasteiger partial charge >= 0.3 is 0 Å². The minimum Gasteiger partial charge on any atom is -0.474 e. The van der Waals surface area contributed by atoms with Gasteiger partial charge in [0.05, 0.1) is 35.8 Å². The maximum atomic E-state index is 14.5. The van der Waals surface area contributed by atoms with Crippen LogP contribution in [0, 0.1) is 17.5 Å². The Balaban J connectivity index is 0.000000172. The van der Waals surface area contributed by atoms with Gasteiger partial charge in [-0.05, 0) is 63.1 Å². The predicted octanol–water partition coefficient (Wildman–Crippen LogP) is 6.67. The minimum atomic E-state index is -1.09. The van der Waals surface area contributed by atoms with Gasteiger partial charge in [-0.2, -0.15) is 0 Å². The molecule has 2 saturated heterocycles. The summed E-state index contributed by atoms with van der Waals surface area (Å²) >= 11 is 6.11. The molecule has 2 N–H and O–H groups in total. The molecule has 14 heteroatoms. The van der Waals surface area contributed by atoms with E-state index in [2.05, 4.69) is 20.4 Å². The number of piperazine rings is 2. The normalized spacial score (nSPS) is 18.6. The Kier molecular flexibility index (Phi) is 11.1. The van der Waals surface area contributed by atoms with E-state index in [4.69, 9.17) is 21.1 Å². The molecule has 0 aliphatic carbocycles. The smallest absolute Gasteiger partial charge is 0.271 e. The number of nitrogens with zero attached hydrogens (tertiary/aromatic N) is 4. The predicted molar refractivity (Wildman–Crippen MR) is 213 cm³/mol. The Bertz CT molecular complexity index is 2110. The average Bonchev–Trinajstić information content (AvgIpc) is 3.17. The van der Waals surface area contributed by atoms with Crippen LogP contribution in [0.15, 0.2) is 72.8 Å². The van der Waals surface area contributed by atoms with Crippen LogP contribution in [-0.4, -0.2) is 75.4 Å². The number of ether oxygens (including phenoxy) is 2. The molecular weight excluding hydrogens is 745 g/mol. The Labute approximate surface area is 330 Å². The Morgan fingerprint density at radius 3 is 1.46 bits per heavy atom. The van der Waals surface area contributed by atoms with Crippen molar-refractivity contribution in [1.82, 2.24) is 10.6 Å². The summed E-state index contributed by atoms with van der Waals surface area (Å²) in [5.74, 6) is -0.570. The molecule has 4 aromatic carbocycles. The summed E-state index contributed by atoms with van der Waals surface area (Å²) in [6.07, 6.45) is 0. The Morgan fingerprint density at radius 2 is 1.02 bits per heavy atom. The number of halogens is 4. The highest BCUT2D eigenvalue weighted by molar-refractivity contribution is 6.30. The van der Waals surface area contributed by atoms with E-state index in [0.717, 1.165) is 63.5 Å². The van der Waals surface area contributed by atoms with Gasteiger partial charge in [-0.1, -0.05) is 35.9 Å². The van der Waals surface area contributed by atoms with E-state index in [-0.39, 0.29) is 30.0 Å². The summed E-state index contributed by atoms with van der Waals surface area (Å²) in [5, 5.41) is 7.17. The first-order valence-electron chi connectivity index (χ1n) is 18.8. The first kappa shape index (κ1) is 39.3. The van der Waals surface area contributed by atoms with E-state index in [0.29, 0.717) is 45.8 Å². The van der Waals surface area contributed by atoms with Crippen molar-refractivity contribution >= 4 is 46.2 Å². The lowest BCUT2D eigenvalue weighted by Crippen LogP contribution is -2.53. The van der Waals surface area contributed by atoms with E-state index in [1.54, 1.807) is 50.8 Å². The van der Waals surface area contributed by atoms with Gasteiger partial charge in [0.25, 0.3) is 11.8 Å². The number of carbonyl (C=O) groups excluding carboxylic acids is 2. The largest absolute Gasteiger partial charge is 0.474 e. The van der Waals surface area contributed by atoms with Gasteiger partial charge in [-0.3, -0.25) is 9.59 Å². The fraction of sp³-hybridized carbons (Fsp3) is 0.381. The molecule has 296 valence electrons. The van der Waals surface area contributed by atoms with E-state index in [9.17, 15) is 22.8 Å². The van der Waals surface area contributed by atoms with Crippen LogP contribution in [0.5, 0.6) is 11.5 Å². The topological polar surface area (TPSA) is 89.6 Å². The van der Waals surface area contributed by atoms with Crippen LogP contribution in [0.1, 0.15) is 38.8 Å². The molecule has 4 heterocycles. The second-order valence-corrected chi connectivity index (χ2v) is 15.7. The molecule has 0 spiro atoms. The third-order valence-electron chi connectivity index (χ3n) is 10.2. The molecular formula is C42H46ClF3N6O4. The fourth-order valence-electron chi connectivity index (χ4n) is 7.39. The zero-order valence-electron chi connectivity index (χ0n) is 31.9. The number of anilines is 4. The molecule has 0 unspecified atom stereocenters. The van der Waals surface area contributed by atoms with Gasteiger partial charge in [-0.15, -0.1) is 0 Å². The van der Waals surface area contributed by atoms with Crippen LogP contribution in [0.2, 0.25) is 5.02 Å². The molecule has 0 aromatic heterocycles. The maximum Gasteiger partial charge on any atom is 0.271 e. The molecule has 0 bridgehead atoms. The second kappa shape index (κ2) is 15.9. The van der Waals surface area contributed by atoms with Crippen LogP contribution in [0.25, 0.3) is 0 Å². The number of nitrogens with one attached hydrogen (secondary N) is 2. The molecule has 4 aromatic rings. The van der Waals surface area contributed by atoms with Crippen LogP contribution in [0.3, 0.4) is 0 Å². The molecule has 2 amide bonds. The highest BCUT2D eigenvalue weighted by atomic mass is 35.5. The maximum absolute atomic E-state index is 14.5. The van der Waals surface area contributed by atoms with E-state index < -0.39 is 17.0 Å². The quantitative estimate of drug-likeness (QED) is 0.224. The van der Waals surface area contributed by atoms with Crippen LogP contribution < -0.4 is 39.7 Å². The van der Waals surface area contributed by atoms with Gasteiger partial charge in [0, 0.05) is 81.6 Å². The summed E-state index contributed by atoms with van der Waals surface area (Å²) in [6, 6.07) is 19.0. The van der Waals surface area contributed by atoms with Crippen molar-refractivity contribution in [2.24, 2.45) is 0 Å². The molecule has 4 aliphatic heterocycles. The van der Waals surface area contributed by atoms with Gasteiger partial charge in [0.15, 0.2) is 22.7 Å². The number of carbonyl (C=O) groups is 2. The fourth-order valence-corrected chi connectivity index (χ4v) is 7.61. The molecule has 4 aliphatic rings. The molecule has 0 atom stereocenters. The summed E-state index contributed by atoms with van der Waals surface area (Å²) in [7, 11) is 0. The van der Waals surface area contributed by atoms with Crippen LogP contribution in [-0.2, 0) is 22.7 Å². The molecule has 10 nitrogen and oxygen atoms in total. The lowest BCUT2D eigenvalue weighted by Gasteiger charge is -2.41. The van der Waals surface area contributed by atoms with Crippen LogP contribution in [0.4, 0.5) is 35.9 Å². The minimum absolute atomic E-state index is 0.211. The Morgan fingerprint density at radius 1 is 0.589 bits per heavy atom. The number of amides is 2. The Hall–Kier alpha value is -4.98. The van der Waals surface area contributed by atoms with Crippen molar-refractivity contribution in [3.8, 4) is 11.5 Å². The highest BCUT2D eigenvalue weighted by Crippen LogP contribution is 2.47. The molecule has 2 fully saturated rings. The van der Waals surface area contributed by atoms with E-state index in [1.807, 2.05) is 18.2 Å². The van der Waals surface area contributed by atoms with E-state index in [1.165, 1.54) is 41.3 Å². The van der Waals surface area contributed by atoms with Gasteiger partial charge in [0.2, 0.25) is 0 Å². The van der Waals surface area contributed by atoms with Crippen molar-refractivity contribution in [1.29, 1.82) is 0 Å². The first-order chi connectivity index (χ1) is 26.7. The van der Waals surface area contributed by atoms with Crippen molar-refractivity contribution in [3.63, 3.8) is 0 Å². The first-order valence-corrected chi connectivity index (χ1v) is 19.2. The standard InChI is InChI=1S/C21H23ClFN3O2.C21H23F2N3O2/c1-21(2)20(27)26(13-14-4-3-5-15(22)10-14)18-12-16(23)11-17(19(18)28-21)25-8-6-24-7-9-25;1-21(2)20(27)26(13-14-3-5-15(22)6-4-14)18-12-16(23)11-17(19(18)28-21)25-9-7-24-8-10-25/h3-5,10-12,24H,6-9,13H2,1-2H3;3-6,11-12,24H,7-10,13H2,1-2H3. The third-order valence-corrected chi connectivity index (χ3v) is 10.5. The van der Waals surface area contributed by atoms with Crippen molar-refractivity contribution in [2.45, 2.75) is 52.0 Å². The molecule has 0 radical (unpaired) electrons. The summed E-state index contributed by atoms with van der Waals surface area (Å²) in [5.41, 5.74) is 1.69. The lowest BCUT2D eigenvalue weighted by atomic mass is 10.0. The highest BCUT2D eigenvalue weighted by Gasteiger charge is 2.44. The monoisotopic (exact) mass is 790 g/mol. The van der Waals surface area contributed by atoms with Crippen LogP contribution >= 0.6 is 11.6 Å². The van der Waals surface area contributed by atoms with Crippen molar-refractivity contribution < 1.29 is 32.2 Å². The summed E-state index contributed by atoms with van der Waals surface area (Å²) in [6.45, 7) is 13.6. The zero-order chi connectivity index (χ0) is 39.8. The molecule has 0 saturated carbocycles. The number of hydrogen-bond acceptors (Lipinski definition) is 8. The second-order valence-electron chi connectivity index (χ2n) is 15.3. The van der Waals surface area contributed by atoms with Crippen molar-refractivity contribution in [2.75, 3.05) is 72.0 Å². The summed E-state index contributed by atoms with van der Waals surface area (Å²) in [4.78, 5) is 33.5. The van der Waals surface area contributed by atoms with Gasteiger partial charge in [0.1, 0.15) is 17.5 Å². The number of benzene rings is 4. The number of hydrogen-bond donors (Lipinski definition) is 2. The molecule has 56 heavy (non-hydrogen) atoms. The summed E-state index contributed by atoms with van der Waals surface area (Å²) < 4.78 is 54.5. The van der Waals surface area contributed by atoms with Crippen molar-refractivity contribution in [3.05, 3.63) is 106 Å². The number of rotatable bonds is 6. The van der Waals surface area contributed by atoms with Gasteiger partial charge < -0.3 is 39.7 Å².